The molecule has 0 saturated heterocycles. The molecular formula is C14H19N2O2+. The number of carbonyl (C=O) groups excluding carboxylic acids is 2. The van der Waals surface area contributed by atoms with Crippen LogP contribution in [0.25, 0.3) is 0 Å². The van der Waals surface area contributed by atoms with Gasteiger partial charge in [0.1, 0.15) is 0 Å². The second kappa shape index (κ2) is 4.90. The van der Waals surface area contributed by atoms with E-state index in [-0.39, 0.29) is 17.7 Å². The van der Waals surface area contributed by atoms with E-state index in [1.54, 1.807) is 0 Å². The molecule has 0 spiro atoms. The van der Waals surface area contributed by atoms with Crippen LogP contribution in [0.3, 0.4) is 0 Å². The number of quaternary nitrogens is 1. The Bertz CT molecular complexity index is 452. The van der Waals surface area contributed by atoms with Crippen molar-refractivity contribution >= 4 is 11.7 Å². The molecule has 18 heavy (non-hydrogen) atoms. The van der Waals surface area contributed by atoms with Crippen molar-refractivity contribution in [3.05, 3.63) is 35.9 Å². The first-order chi connectivity index (χ1) is 8.53. The quantitative estimate of drug-likeness (QED) is 0.773. The maximum atomic E-state index is 12.0. The van der Waals surface area contributed by atoms with E-state index >= 15 is 0 Å². The number of carbonyl (C=O) groups is 2. The topological polar surface area (TPSA) is 73.8 Å². The number of amides is 1. The zero-order valence-electron chi connectivity index (χ0n) is 10.6. The Hall–Kier alpha value is -1.68. The largest absolute Gasteiger partial charge is 0.347 e. The summed E-state index contributed by atoms with van der Waals surface area (Å²) in [6, 6.07) is 9.42. The molecule has 1 aliphatic carbocycles. The van der Waals surface area contributed by atoms with Crippen LogP contribution in [0.1, 0.15) is 25.3 Å². The maximum Gasteiger partial charge on any atom is 0.279 e. The molecular weight excluding hydrogens is 228 g/mol. The third-order valence-electron chi connectivity index (χ3n) is 3.48. The highest BCUT2D eigenvalue weighted by Gasteiger charge is 2.49. The lowest BCUT2D eigenvalue weighted by Gasteiger charge is -2.16. The lowest BCUT2D eigenvalue weighted by Crippen LogP contribution is -2.69. The second-order valence-corrected chi connectivity index (χ2v) is 5.01. The third-order valence-corrected chi connectivity index (χ3v) is 3.48. The van der Waals surface area contributed by atoms with Crippen molar-refractivity contribution in [3.63, 3.8) is 0 Å². The van der Waals surface area contributed by atoms with Crippen molar-refractivity contribution < 1.29 is 15.3 Å². The Morgan fingerprint density at radius 3 is 2.44 bits per heavy atom. The Labute approximate surface area is 107 Å². The first kappa shape index (κ1) is 12.8. The number of Topliss-reactive ketones (excluding diaryl/α,β-unsaturated/α-hetero) is 1. The smallest absolute Gasteiger partial charge is 0.279 e. The van der Waals surface area contributed by atoms with Crippen LogP contribution in [-0.4, -0.2) is 23.3 Å². The number of hydrogen-bond donors (Lipinski definition) is 2. The Morgan fingerprint density at radius 1 is 1.33 bits per heavy atom. The summed E-state index contributed by atoms with van der Waals surface area (Å²) in [5.74, 6) is -0.0886. The molecule has 1 saturated carbocycles. The zero-order valence-corrected chi connectivity index (χ0v) is 10.6. The number of ketones is 1. The first-order valence-corrected chi connectivity index (χ1v) is 6.23. The predicted molar refractivity (Wildman–Crippen MR) is 67.6 cm³/mol. The molecule has 4 heteroatoms. The molecule has 0 aliphatic heterocycles. The molecule has 0 bridgehead atoms. The van der Waals surface area contributed by atoms with Gasteiger partial charge < -0.3 is 11.1 Å². The van der Waals surface area contributed by atoms with Crippen LogP contribution in [0.5, 0.6) is 0 Å². The summed E-state index contributed by atoms with van der Waals surface area (Å²) in [6.45, 7) is 1.53. The molecule has 0 unspecified atom stereocenters. The van der Waals surface area contributed by atoms with Crippen LogP contribution >= 0.6 is 0 Å². The number of nitrogens with one attached hydrogen (secondary N) is 1. The van der Waals surface area contributed by atoms with Crippen molar-refractivity contribution in [3.8, 4) is 0 Å². The average Bonchev–Trinajstić information content (AvgIpc) is 3.11. The van der Waals surface area contributed by atoms with Gasteiger partial charge in [0.05, 0.1) is 5.54 Å². The van der Waals surface area contributed by atoms with Crippen LogP contribution in [0.4, 0.5) is 0 Å². The fraction of sp³-hybridized carbons (Fsp3) is 0.429. The van der Waals surface area contributed by atoms with Gasteiger partial charge in [-0.3, -0.25) is 9.59 Å². The van der Waals surface area contributed by atoms with Gasteiger partial charge in [-0.15, -0.1) is 0 Å². The van der Waals surface area contributed by atoms with Gasteiger partial charge in [-0.25, -0.2) is 0 Å². The summed E-state index contributed by atoms with van der Waals surface area (Å²) < 4.78 is 0. The molecule has 1 aromatic rings. The van der Waals surface area contributed by atoms with Crippen molar-refractivity contribution in [2.45, 2.75) is 37.8 Å². The molecule has 96 valence electrons. The molecule has 0 heterocycles. The summed E-state index contributed by atoms with van der Waals surface area (Å²) >= 11 is 0. The monoisotopic (exact) mass is 247 g/mol. The lowest BCUT2D eigenvalue weighted by molar-refractivity contribution is -0.403. The summed E-state index contributed by atoms with van der Waals surface area (Å²) in [6.07, 6.45) is 2.11. The van der Waals surface area contributed by atoms with Crippen molar-refractivity contribution in [1.29, 1.82) is 0 Å². The third kappa shape index (κ3) is 2.76. The Morgan fingerprint density at radius 2 is 1.94 bits per heavy atom. The summed E-state index contributed by atoms with van der Waals surface area (Å²) in [5, 5.41) is 2.84. The standard InChI is InChI=1S/C14H18N2O2/c1-10(17)14(7-8-14)16-13(18)12(15)9-11-5-3-2-4-6-11/h2-6,12H,7-9,15H2,1H3,(H,16,18)/p+1/t12-/m0/s1. The van der Waals surface area contributed by atoms with Gasteiger partial charge in [0.2, 0.25) is 0 Å². The molecule has 0 aromatic heterocycles. The van der Waals surface area contributed by atoms with Gasteiger partial charge in [-0.1, -0.05) is 30.3 Å². The van der Waals surface area contributed by atoms with E-state index in [0.29, 0.717) is 6.42 Å². The summed E-state index contributed by atoms with van der Waals surface area (Å²) in [4.78, 5) is 23.4. The number of rotatable bonds is 5. The van der Waals surface area contributed by atoms with Crippen LogP contribution in [0.15, 0.2) is 30.3 Å². The molecule has 4 nitrogen and oxygen atoms in total. The van der Waals surface area contributed by atoms with Gasteiger partial charge >= 0.3 is 0 Å². The molecule has 4 N–H and O–H groups in total. The fourth-order valence-corrected chi connectivity index (χ4v) is 2.02. The molecule has 0 radical (unpaired) electrons. The number of benzene rings is 1. The minimum Gasteiger partial charge on any atom is -0.347 e. The normalized spacial score (nSPS) is 17.9. The SMILES string of the molecule is CC(=O)C1(NC(=O)[C@@H]([NH3+])Cc2ccccc2)CC1. The second-order valence-electron chi connectivity index (χ2n) is 5.01. The van der Waals surface area contributed by atoms with E-state index in [4.69, 9.17) is 0 Å². The van der Waals surface area contributed by atoms with Crippen molar-refractivity contribution in [2.75, 3.05) is 0 Å². The highest BCUT2D eigenvalue weighted by atomic mass is 16.2. The van der Waals surface area contributed by atoms with Crippen LogP contribution in [0, 0.1) is 0 Å². The average molecular weight is 247 g/mol. The van der Waals surface area contributed by atoms with E-state index in [9.17, 15) is 9.59 Å². The van der Waals surface area contributed by atoms with Crippen molar-refractivity contribution in [2.24, 2.45) is 0 Å². The predicted octanol–water partition coefficient (Wildman–Crippen LogP) is 0.0774. The van der Waals surface area contributed by atoms with Gasteiger partial charge in [0, 0.05) is 6.42 Å². The maximum absolute atomic E-state index is 12.0. The van der Waals surface area contributed by atoms with E-state index in [1.807, 2.05) is 30.3 Å². The van der Waals surface area contributed by atoms with Gasteiger partial charge in [-0.2, -0.15) is 0 Å². The lowest BCUT2D eigenvalue weighted by atomic mass is 10.1. The van der Waals surface area contributed by atoms with E-state index in [1.165, 1.54) is 6.92 Å². The Balaban J connectivity index is 1.92. The van der Waals surface area contributed by atoms with Gasteiger partial charge in [0.15, 0.2) is 11.8 Å². The van der Waals surface area contributed by atoms with Gasteiger partial charge in [0.25, 0.3) is 5.91 Å². The van der Waals surface area contributed by atoms with E-state index in [0.717, 1.165) is 18.4 Å². The zero-order chi connectivity index (χ0) is 13.2. The molecule has 1 atom stereocenters. The first-order valence-electron chi connectivity index (χ1n) is 6.23. The summed E-state index contributed by atoms with van der Waals surface area (Å²) in [5.41, 5.74) is 4.39. The summed E-state index contributed by atoms with van der Waals surface area (Å²) in [7, 11) is 0. The van der Waals surface area contributed by atoms with Crippen molar-refractivity contribution in [1.82, 2.24) is 5.32 Å². The molecule has 2 rings (SSSR count). The molecule has 1 aliphatic rings. The minimum absolute atomic E-state index is 0.0442. The minimum atomic E-state index is -0.580. The van der Waals surface area contributed by atoms with Crippen LogP contribution in [-0.2, 0) is 16.0 Å². The molecule has 1 aromatic carbocycles. The molecule has 1 amide bonds. The van der Waals surface area contributed by atoms with E-state index in [2.05, 4.69) is 11.1 Å². The van der Waals surface area contributed by atoms with Crippen LogP contribution in [0.2, 0.25) is 0 Å². The van der Waals surface area contributed by atoms with E-state index < -0.39 is 5.54 Å². The van der Waals surface area contributed by atoms with Crippen LogP contribution < -0.4 is 11.1 Å². The number of hydrogen-bond acceptors (Lipinski definition) is 2. The highest BCUT2D eigenvalue weighted by Crippen LogP contribution is 2.36. The fourth-order valence-electron chi connectivity index (χ4n) is 2.02. The highest BCUT2D eigenvalue weighted by molar-refractivity contribution is 5.94. The molecule has 1 fully saturated rings. The van der Waals surface area contributed by atoms with Gasteiger partial charge in [-0.05, 0) is 25.3 Å². The Kier molecular flexibility index (Phi) is 3.48.